The molecule has 2 aromatic heterocycles. The molecule has 1 saturated carbocycles. The highest BCUT2D eigenvalue weighted by atomic mass is 16.5. The maximum atomic E-state index is 13.4. The molecule has 3 aromatic rings. The molecular formula is C25H28N4O4. The van der Waals surface area contributed by atoms with Crippen LogP contribution < -0.4 is 4.74 Å². The zero-order valence-electron chi connectivity index (χ0n) is 19.5. The van der Waals surface area contributed by atoms with Gasteiger partial charge >= 0.3 is 6.09 Å². The van der Waals surface area contributed by atoms with Crippen LogP contribution in [-0.4, -0.2) is 42.6 Å². The van der Waals surface area contributed by atoms with Crippen molar-refractivity contribution < 1.29 is 19.4 Å². The fourth-order valence-electron chi connectivity index (χ4n) is 5.32. The largest absolute Gasteiger partial charge is 0.464 e. The molecule has 1 atom stereocenters. The number of carboxylic acid groups (broad SMARTS) is 1. The van der Waals surface area contributed by atoms with E-state index in [2.05, 4.69) is 44.6 Å². The van der Waals surface area contributed by atoms with Crippen LogP contribution in [0.4, 0.5) is 4.79 Å². The third kappa shape index (κ3) is 3.19. The number of aromatic nitrogens is 3. The highest BCUT2D eigenvalue weighted by Gasteiger charge is 2.69. The lowest BCUT2D eigenvalue weighted by Gasteiger charge is -2.35. The van der Waals surface area contributed by atoms with E-state index in [0.717, 1.165) is 16.6 Å². The fourth-order valence-corrected chi connectivity index (χ4v) is 5.32. The first-order valence-electron chi connectivity index (χ1n) is 11.2. The fraction of sp³-hybridized carbons (Fsp3) is 0.440. The summed E-state index contributed by atoms with van der Waals surface area (Å²) < 4.78 is 7.28. The second-order valence-corrected chi connectivity index (χ2v) is 10.3. The lowest BCUT2D eigenvalue weighted by Crippen LogP contribution is -2.44. The number of rotatable bonds is 3. The van der Waals surface area contributed by atoms with Crippen molar-refractivity contribution in [2.45, 2.75) is 53.6 Å². The summed E-state index contributed by atoms with van der Waals surface area (Å²) >= 11 is 0. The zero-order valence-corrected chi connectivity index (χ0v) is 19.5. The standard InChI is InChI=1S/C25H28N4O4/c1-14-10-17-18(12-29(14)22(30)20-24(2,3)25(20,4)5)26-13-27-21(17)33-16-6-7-19-15(11-16)8-9-28(19)23(31)32/h6-9,11,13-14,20H,10,12H2,1-5H3,(H,31,32)/t14-/m0/s1. The van der Waals surface area contributed by atoms with E-state index in [-0.39, 0.29) is 28.7 Å². The van der Waals surface area contributed by atoms with Crippen molar-refractivity contribution in [2.75, 3.05) is 0 Å². The number of carbonyl (C=O) groups excluding carboxylic acids is 1. The minimum Gasteiger partial charge on any atom is -0.464 e. The molecule has 3 heterocycles. The van der Waals surface area contributed by atoms with Crippen molar-refractivity contribution >= 4 is 22.9 Å². The average molecular weight is 449 g/mol. The van der Waals surface area contributed by atoms with Crippen molar-refractivity contribution in [3.63, 3.8) is 0 Å². The molecule has 1 aliphatic heterocycles. The number of hydrogen-bond acceptors (Lipinski definition) is 5. The molecule has 2 aliphatic rings. The molecule has 0 saturated heterocycles. The van der Waals surface area contributed by atoms with Crippen LogP contribution in [0.1, 0.15) is 45.9 Å². The second-order valence-electron chi connectivity index (χ2n) is 10.3. The lowest BCUT2D eigenvalue weighted by molar-refractivity contribution is -0.137. The Morgan fingerprint density at radius 2 is 1.85 bits per heavy atom. The molecule has 0 bridgehead atoms. The normalized spacial score (nSPS) is 21.0. The molecule has 0 radical (unpaired) electrons. The van der Waals surface area contributed by atoms with E-state index < -0.39 is 6.09 Å². The van der Waals surface area contributed by atoms with E-state index in [1.807, 2.05) is 4.90 Å². The van der Waals surface area contributed by atoms with Crippen LogP contribution in [0.3, 0.4) is 0 Å². The molecule has 0 spiro atoms. The molecule has 8 heteroatoms. The van der Waals surface area contributed by atoms with Crippen LogP contribution in [0.2, 0.25) is 0 Å². The predicted octanol–water partition coefficient (Wildman–Crippen LogP) is 4.71. The van der Waals surface area contributed by atoms with Gasteiger partial charge < -0.3 is 14.7 Å². The number of ether oxygens (including phenoxy) is 1. The zero-order chi connectivity index (χ0) is 23.7. The van der Waals surface area contributed by atoms with Gasteiger partial charge in [0.1, 0.15) is 12.1 Å². The summed E-state index contributed by atoms with van der Waals surface area (Å²) in [6, 6.07) is 6.99. The van der Waals surface area contributed by atoms with Gasteiger partial charge in [-0.15, -0.1) is 0 Å². The SMILES string of the molecule is C[C@H]1Cc2c(ncnc2Oc2ccc3c(ccn3C(=O)O)c2)CN1C(=O)C1C(C)(C)C1(C)C. The number of nitrogens with zero attached hydrogens (tertiary/aromatic N) is 4. The van der Waals surface area contributed by atoms with Gasteiger partial charge in [0.2, 0.25) is 11.8 Å². The van der Waals surface area contributed by atoms with E-state index in [4.69, 9.17) is 4.74 Å². The molecule has 172 valence electrons. The third-order valence-corrected chi connectivity index (χ3v) is 7.98. The number of amides is 1. The van der Waals surface area contributed by atoms with Gasteiger partial charge in [0.15, 0.2) is 0 Å². The molecule has 8 nitrogen and oxygen atoms in total. The van der Waals surface area contributed by atoms with E-state index >= 15 is 0 Å². The first kappa shape index (κ1) is 21.4. The van der Waals surface area contributed by atoms with E-state index in [1.54, 1.807) is 24.3 Å². The Bertz CT molecular complexity index is 1280. The van der Waals surface area contributed by atoms with Crippen molar-refractivity contribution in [3.05, 3.63) is 48.0 Å². The summed E-state index contributed by atoms with van der Waals surface area (Å²) in [6.45, 7) is 11.1. The summed E-state index contributed by atoms with van der Waals surface area (Å²) in [6.07, 6.45) is 2.56. The van der Waals surface area contributed by atoms with Crippen molar-refractivity contribution in [1.29, 1.82) is 0 Å². The highest BCUT2D eigenvalue weighted by molar-refractivity contribution is 5.89. The van der Waals surface area contributed by atoms with Gasteiger partial charge in [-0.1, -0.05) is 27.7 Å². The third-order valence-electron chi connectivity index (χ3n) is 7.98. The van der Waals surface area contributed by atoms with E-state index in [1.165, 1.54) is 17.1 Å². The van der Waals surface area contributed by atoms with Crippen LogP contribution in [0, 0.1) is 16.7 Å². The summed E-state index contributed by atoms with van der Waals surface area (Å²) in [7, 11) is 0. The number of benzene rings is 1. The summed E-state index contributed by atoms with van der Waals surface area (Å²) in [5.74, 6) is 1.25. The van der Waals surface area contributed by atoms with Crippen molar-refractivity contribution in [1.82, 2.24) is 19.4 Å². The maximum Gasteiger partial charge on any atom is 0.415 e. The van der Waals surface area contributed by atoms with E-state index in [0.29, 0.717) is 30.1 Å². The van der Waals surface area contributed by atoms with Crippen molar-refractivity contribution in [3.8, 4) is 11.6 Å². The van der Waals surface area contributed by atoms with Crippen LogP contribution in [0.5, 0.6) is 11.6 Å². The van der Waals surface area contributed by atoms with Crippen molar-refractivity contribution in [2.24, 2.45) is 16.7 Å². The van der Waals surface area contributed by atoms with Crippen LogP contribution in [0.25, 0.3) is 10.9 Å². The molecule has 1 aliphatic carbocycles. The molecule has 33 heavy (non-hydrogen) atoms. The van der Waals surface area contributed by atoms with Gasteiger partial charge in [-0.3, -0.25) is 9.36 Å². The lowest BCUT2D eigenvalue weighted by atomic mass is 9.98. The molecular weight excluding hydrogens is 420 g/mol. The monoisotopic (exact) mass is 448 g/mol. The van der Waals surface area contributed by atoms with Gasteiger partial charge in [-0.2, -0.15) is 0 Å². The highest BCUT2D eigenvalue weighted by Crippen LogP contribution is 2.69. The summed E-state index contributed by atoms with van der Waals surface area (Å²) in [5, 5.41) is 10.0. The van der Waals surface area contributed by atoms with Gasteiger partial charge in [0.05, 0.1) is 17.8 Å². The first-order chi connectivity index (χ1) is 15.5. The average Bonchev–Trinajstić information content (AvgIpc) is 3.03. The van der Waals surface area contributed by atoms with Gasteiger partial charge in [0, 0.05) is 29.1 Å². The molecule has 5 rings (SSSR count). The Hall–Kier alpha value is -3.42. The minimum absolute atomic E-state index is 0.0106. The van der Waals surface area contributed by atoms with Gasteiger partial charge in [-0.05, 0) is 48.4 Å². The molecule has 1 amide bonds. The molecule has 1 aromatic carbocycles. The Balaban J connectivity index is 1.40. The van der Waals surface area contributed by atoms with Crippen LogP contribution >= 0.6 is 0 Å². The molecule has 1 fully saturated rings. The minimum atomic E-state index is -1.03. The van der Waals surface area contributed by atoms with E-state index in [9.17, 15) is 14.7 Å². The number of hydrogen-bond donors (Lipinski definition) is 1. The Kier molecular flexibility index (Phi) is 4.57. The first-order valence-corrected chi connectivity index (χ1v) is 11.2. The second kappa shape index (κ2) is 7.04. The Morgan fingerprint density at radius 1 is 1.12 bits per heavy atom. The van der Waals surface area contributed by atoms with Gasteiger partial charge in [-0.25, -0.2) is 14.8 Å². The number of fused-ring (bicyclic) bond motifs is 2. The van der Waals surface area contributed by atoms with Gasteiger partial charge in [0.25, 0.3) is 0 Å². The maximum absolute atomic E-state index is 13.4. The van der Waals surface area contributed by atoms with Crippen LogP contribution in [-0.2, 0) is 17.8 Å². The molecule has 1 N–H and O–H groups in total. The Labute approximate surface area is 192 Å². The smallest absolute Gasteiger partial charge is 0.415 e. The molecule has 0 unspecified atom stereocenters. The van der Waals surface area contributed by atoms with Crippen LogP contribution in [0.15, 0.2) is 36.8 Å². The Morgan fingerprint density at radius 3 is 2.52 bits per heavy atom. The predicted molar refractivity (Wildman–Crippen MR) is 122 cm³/mol. The summed E-state index contributed by atoms with van der Waals surface area (Å²) in [5.41, 5.74) is 2.28. The number of carbonyl (C=O) groups is 2. The quantitative estimate of drug-likeness (QED) is 0.623. The topological polar surface area (TPSA) is 97.6 Å². The summed E-state index contributed by atoms with van der Waals surface area (Å²) in [4.78, 5) is 35.5.